The molecule has 1 aromatic rings. The Hall–Kier alpha value is -1.70. The quantitative estimate of drug-likeness (QED) is 0.651. The van der Waals surface area contributed by atoms with E-state index in [0.717, 1.165) is 6.54 Å². The highest BCUT2D eigenvalue weighted by Gasteiger charge is 2.21. The summed E-state index contributed by atoms with van der Waals surface area (Å²) >= 11 is 0. The lowest BCUT2D eigenvalue weighted by Crippen LogP contribution is -2.44. The lowest BCUT2D eigenvalue weighted by atomic mass is 10.1. The molecule has 0 spiro atoms. The smallest absolute Gasteiger partial charge is 0.274 e. The van der Waals surface area contributed by atoms with E-state index in [2.05, 4.69) is 5.32 Å². The summed E-state index contributed by atoms with van der Waals surface area (Å²) in [5.41, 5.74) is 0.572. The summed E-state index contributed by atoms with van der Waals surface area (Å²) in [6.45, 7) is 2.15. The van der Waals surface area contributed by atoms with E-state index in [-0.39, 0.29) is 36.6 Å². The molecule has 1 N–H and O–H groups in total. The van der Waals surface area contributed by atoms with Crippen LogP contribution in [-0.4, -0.2) is 48.6 Å². The third kappa shape index (κ3) is 4.94. The number of hydrogen-bond acceptors (Lipinski definition) is 5. The van der Waals surface area contributed by atoms with Gasteiger partial charge in [-0.15, -0.1) is 12.4 Å². The maximum atomic E-state index is 12.2. The van der Waals surface area contributed by atoms with Crippen molar-refractivity contribution in [2.45, 2.75) is 19.0 Å². The number of carbonyl (C=O) groups excluding carboxylic acids is 1. The zero-order valence-corrected chi connectivity index (χ0v) is 13.2. The molecule has 0 radical (unpaired) electrons. The summed E-state index contributed by atoms with van der Waals surface area (Å²) in [5.74, 6) is -0.0591. The van der Waals surface area contributed by atoms with Gasteiger partial charge in [-0.25, -0.2) is 0 Å². The van der Waals surface area contributed by atoms with Crippen molar-refractivity contribution in [3.63, 3.8) is 0 Å². The molecule has 0 aliphatic carbocycles. The van der Waals surface area contributed by atoms with E-state index in [1.807, 2.05) is 0 Å². The first kappa shape index (κ1) is 18.3. The standard InChI is InChI=1S/C14H19N3O4.ClH/c1-16(14(18)8-12-10-21-7-6-15-12)9-11-4-2-3-5-13(11)17(19)20;/h2-5,12,15H,6-10H2,1H3;1H. The summed E-state index contributed by atoms with van der Waals surface area (Å²) in [4.78, 5) is 24.2. The monoisotopic (exact) mass is 329 g/mol. The third-order valence-electron chi connectivity index (χ3n) is 3.44. The summed E-state index contributed by atoms with van der Waals surface area (Å²) in [7, 11) is 1.66. The molecule has 122 valence electrons. The van der Waals surface area contributed by atoms with E-state index in [4.69, 9.17) is 4.74 Å². The van der Waals surface area contributed by atoms with Crippen LogP contribution in [0.4, 0.5) is 5.69 Å². The Labute approximate surface area is 135 Å². The lowest BCUT2D eigenvalue weighted by Gasteiger charge is -2.25. The van der Waals surface area contributed by atoms with E-state index >= 15 is 0 Å². The van der Waals surface area contributed by atoms with Gasteiger partial charge < -0.3 is 15.0 Å². The molecular weight excluding hydrogens is 310 g/mol. The Morgan fingerprint density at radius 3 is 2.86 bits per heavy atom. The van der Waals surface area contributed by atoms with Crippen LogP contribution in [0, 0.1) is 10.1 Å². The second-order valence-electron chi connectivity index (χ2n) is 5.07. The molecule has 8 heteroatoms. The van der Waals surface area contributed by atoms with Crippen LogP contribution in [0.2, 0.25) is 0 Å². The molecule has 0 bridgehead atoms. The summed E-state index contributed by atoms with van der Waals surface area (Å²) in [6, 6.07) is 6.48. The minimum absolute atomic E-state index is 0. The molecule has 1 amide bonds. The number of amides is 1. The van der Waals surface area contributed by atoms with Gasteiger partial charge in [0.2, 0.25) is 5.91 Å². The number of ether oxygens (including phenoxy) is 1. The van der Waals surface area contributed by atoms with Gasteiger partial charge in [-0.2, -0.15) is 0 Å². The number of para-hydroxylation sites is 1. The average molecular weight is 330 g/mol. The second-order valence-corrected chi connectivity index (χ2v) is 5.07. The highest BCUT2D eigenvalue weighted by Crippen LogP contribution is 2.19. The summed E-state index contributed by atoms with van der Waals surface area (Å²) < 4.78 is 5.31. The van der Waals surface area contributed by atoms with Crippen molar-refractivity contribution < 1.29 is 14.5 Å². The van der Waals surface area contributed by atoms with Crippen LogP contribution in [-0.2, 0) is 16.1 Å². The van der Waals surface area contributed by atoms with Gasteiger partial charge in [0.05, 0.1) is 24.7 Å². The molecule has 1 saturated heterocycles. The van der Waals surface area contributed by atoms with Gasteiger partial charge in [0.15, 0.2) is 0 Å². The third-order valence-corrected chi connectivity index (χ3v) is 3.44. The number of halogens is 1. The van der Waals surface area contributed by atoms with Gasteiger partial charge >= 0.3 is 0 Å². The summed E-state index contributed by atoms with van der Waals surface area (Å²) in [6.07, 6.45) is 0.330. The van der Waals surface area contributed by atoms with Crippen LogP contribution in [0.25, 0.3) is 0 Å². The first-order valence-corrected chi connectivity index (χ1v) is 6.85. The fraction of sp³-hybridized carbons (Fsp3) is 0.500. The van der Waals surface area contributed by atoms with Gasteiger partial charge in [0, 0.05) is 37.7 Å². The number of nitrogens with one attached hydrogen (secondary N) is 1. The molecule has 7 nitrogen and oxygen atoms in total. The van der Waals surface area contributed by atoms with Gasteiger partial charge in [-0.1, -0.05) is 18.2 Å². The molecule has 1 aromatic carbocycles. The van der Waals surface area contributed by atoms with E-state index in [1.54, 1.807) is 25.2 Å². The number of benzene rings is 1. The van der Waals surface area contributed by atoms with E-state index in [0.29, 0.717) is 25.2 Å². The largest absolute Gasteiger partial charge is 0.378 e. The number of nitrogens with zero attached hydrogens (tertiary/aromatic N) is 2. The number of hydrogen-bond donors (Lipinski definition) is 1. The van der Waals surface area contributed by atoms with Crippen LogP contribution in [0.1, 0.15) is 12.0 Å². The van der Waals surface area contributed by atoms with Gasteiger partial charge in [-0.05, 0) is 0 Å². The van der Waals surface area contributed by atoms with E-state index in [1.165, 1.54) is 11.0 Å². The van der Waals surface area contributed by atoms with E-state index < -0.39 is 4.92 Å². The van der Waals surface area contributed by atoms with Crippen LogP contribution in [0.15, 0.2) is 24.3 Å². The minimum atomic E-state index is -0.426. The maximum absolute atomic E-state index is 12.2. The molecule has 1 unspecified atom stereocenters. The summed E-state index contributed by atoms with van der Waals surface area (Å²) in [5, 5.41) is 14.2. The molecule has 2 rings (SSSR count). The van der Waals surface area contributed by atoms with Crippen LogP contribution in [0.5, 0.6) is 0 Å². The van der Waals surface area contributed by atoms with Crippen molar-refractivity contribution in [1.29, 1.82) is 0 Å². The van der Waals surface area contributed by atoms with Gasteiger partial charge in [0.1, 0.15) is 0 Å². The van der Waals surface area contributed by atoms with Crippen LogP contribution < -0.4 is 5.32 Å². The van der Waals surface area contributed by atoms with Crippen molar-refractivity contribution in [1.82, 2.24) is 10.2 Å². The SMILES string of the molecule is CN(Cc1ccccc1[N+](=O)[O-])C(=O)CC1COCCN1.Cl. The fourth-order valence-electron chi connectivity index (χ4n) is 2.28. The number of morpholine rings is 1. The fourth-order valence-corrected chi connectivity index (χ4v) is 2.28. The first-order chi connectivity index (χ1) is 10.1. The molecule has 22 heavy (non-hydrogen) atoms. The van der Waals surface area contributed by atoms with Crippen LogP contribution >= 0.6 is 12.4 Å². The Kier molecular flexibility index (Phi) is 7.23. The first-order valence-electron chi connectivity index (χ1n) is 6.85. The van der Waals surface area contributed by atoms with E-state index in [9.17, 15) is 14.9 Å². The number of carbonyl (C=O) groups is 1. The lowest BCUT2D eigenvalue weighted by molar-refractivity contribution is -0.385. The van der Waals surface area contributed by atoms with Crippen molar-refractivity contribution in [3.8, 4) is 0 Å². The van der Waals surface area contributed by atoms with Crippen molar-refractivity contribution >= 4 is 24.0 Å². The normalized spacial score (nSPS) is 17.4. The molecule has 1 atom stereocenters. The molecule has 1 aliphatic rings. The topological polar surface area (TPSA) is 84.7 Å². The Morgan fingerprint density at radius 1 is 1.50 bits per heavy atom. The molecule has 1 fully saturated rings. The maximum Gasteiger partial charge on any atom is 0.274 e. The Bertz CT molecular complexity index is 521. The second kappa shape index (κ2) is 8.67. The Balaban J connectivity index is 0.00000242. The zero-order chi connectivity index (χ0) is 15.2. The van der Waals surface area contributed by atoms with Gasteiger partial charge in [-0.3, -0.25) is 14.9 Å². The number of rotatable bonds is 5. The van der Waals surface area contributed by atoms with Crippen molar-refractivity contribution in [2.75, 3.05) is 26.8 Å². The zero-order valence-electron chi connectivity index (χ0n) is 12.4. The molecule has 1 heterocycles. The van der Waals surface area contributed by atoms with Crippen molar-refractivity contribution in [2.24, 2.45) is 0 Å². The van der Waals surface area contributed by atoms with Crippen LogP contribution in [0.3, 0.4) is 0 Å². The molecule has 1 aliphatic heterocycles. The van der Waals surface area contributed by atoms with Gasteiger partial charge in [0.25, 0.3) is 5.69 Å². The Morgan fingerprint density at radius 2 is 2.23 bits per heavy atom. The molecule has 0 aromatic heterocycles. The number of nitro groups is 1. The van der Waals surface area contributed by atoms with Crippen molar-refractivity contribution in [3.05, 3.63) is 39.9 Å². The highest BCUT2D eigenvalue weighted by atomic mass is 35.5. The highest BCUT2D eigenvalue weighted by molar-refractivity contribution is 5.85. The number of nitro benzene ring substituents is 1. The molecular formula is C14H20ClN3O4. The average Bonchev–Trinajstić information content (AvgIpc) is 2.48. The predicted molar refractivity (Wildman–Crippen MR) is 84.0 cm³/mol. The minimum Gasteiger partial charge on any atom is -0.378 e. The molecule has 0 saturated carbocycles. The predicted octanol–water partition coefficient (Wildman–Crippen LogP) is 1.35.